The standard InChI is InChI=1S/C14H18FN3/c1-10-4-5-12(15)7-13(10)14(16-2)6-11-8-17-18(3)9-11/h4-5,7-9,14,16H,6H2,1-3H3. The highest BCUT2D eigenvalue weighted by atomic mass is 19.1. The molecule has 1 N–H and O–H groups in total. The van der Waals surface area contributed by atoms with Gasteiger partial charge in [-0.05, 0) is 49.2 Å². The van der Waals surface area contributed by atoms with Gasteiger partial charge >= 0.3 is 0 Å². The molecule has 0 aliphatic carbocycles. The fraction of sp³-hybridized carbons (Fsp3) is 0.357. The summed E-state index contributed by atoms with van der Waals surface area (Å²) in [4.78, 5) is 0. The van der Waals surface area contributed by atoms with Crippen LogP contribution in [0.25, 0.3) is 0 Å². The van der Waals surface area contributed by atoms with Crippen molar-refractivity contribution < 1.29 is 4.39 Å². The molecule has 1 heterocycles. The molecule has 0 radical (unpaired) electrons. The van der Waals surface area contributed by atoms with E-state index in [0.717, 1.165) is 23.1 Å². The zero-order valence-corrected chi connectivity index (χ0v) is 10.9. The quantitative estimate of drug-likeness (QED) is 0.899. The van der Waals surface area contributed by atoms with E-state index in [1.54, 1.807) is 10.7 Å². The van der Waals surface area contributed by atoms with Crippen LogP contribution in [0.5, 0.6) is 0 Å². The molecule has 1 unspecified atom stereocenters. The van der Waals surface area contributed by atoms with Gasteiger partial charge in [-0.15, -0.1) is 0 Å². The highest BCUT2D eigenvalue weighted by Gasteiger charge is 2.14. The van der Waals surface area contributed by atoms with Crippen molar-refractivity contribution in [2.45, 2.75) is 19.4 Å². The molecule has 96 valence electrons. The van der Waals surface area contributed by atoms with Crippen LogP contribution in [0.1, 0.15) is 22.7 Å². The Labute approximate surface area is 107 Å². The fourth-order valence-corrected chi connectivity index (χ4v) is 2.17. The monoisotopic (exact) mass is 247 g/mol. The number of nitrogens with one attached hydrogen (secondary N) is 1. The number of hydrogen-bond acceptors (Lipinski definition) is 2. The molecule has 0 aliphatic heterocycles. The molecule has 3 nitrogen and oxygen atoms in total. The van der Waals surface area contributed by atoms with Gasteiger partial charge in [-0.25, -0.2) is 4.39 Å². The number of hydrogen-bond donors (Lipinski definition) is 1. The minimum absolute atomic E-state index is 0.102. The van der Waals surface area contributed by atoms with Gasteiger partial charge in [0, 0.05) is 19.3 Å². The van der Waals surface area contributed by atoms with E-state index in [9.17, 15) is 4.39 Å². The maximum atomic E-state index is 13.3. The van der Waals surface area contributed by atoms with Crippen molar-refractivity contribution in [1.29, 1.82) is 0 Å². The molecular formula is C14H18FN3. The Kier molecular flexibility index (Phi) is 3.77. The van der Waals surface area contributed by atoms with Gasteiger partial charge in [0.25, 0.3) is 0 Å². The minimum Gasteiger partial charge on any atom is -0.313 e. The smallest absolute Gasteiger partial charge is 0.123 e. The Morgan fingerprint density at radius 2 is 2.22 bits per heavy atom. The molecule has 0 saturated carbocycles. The Morgan fingerprint density at radius 1 is 1.44 bits per heavy atom. The first-order valence-corrected chi connectivity index (χ1v) is 6.01. The van der Waals surface area contributed by atoms with E-state index in [2.05, 4.69) is 10.4 Å². The summed E-state index contributed by atoms with van der Waals surface area (Å²) in [6.07, 6.45) is 4.63. The van der Waals surface area contributed by atoms with Gasteiger partial charge in [-0.3, -0.25) is 4.68 Å². The molecule has 0 fully saturated rings. The van der Waals surface area contributed by atoms with E-state index >= 15 is 0 Å². The third-order valence-electron chi connectivity index (χ3n) is 3.16. The third-order valence-corrected chi connectivity index (χ3v) is 3.16. The zero-order chi connectivity index (χ0) is 13.1. The molecule has 0 bridgehead atoms. The number of likely N-dealkylation sites (N-methyl/N-ethyl adjacent to an activating group) is 1. The summed E-state index contributed by atoms with van der Waals surface area (Å²) in [5, 5.41) is 7.39. The molecule has 4 heteroatoms. The number of aryl methyl sites for hydroxylation is 2. The molecular weight excluding hydrogens is 229 g/mol. The van der Waals surface area contributed by atoms with Crippen molar-refractivity contribution in [1.82, 2.24) is 15.1 Å². The van der Waals surface area contributed by atoms with Gasteiger partial charge in [0.2, 0.25) is 0 Å². The molecule has 1 aromatic heterocycles. The first-order chi connectivity index (χ1) is 8.60. The molecule has 18 heavy (non-hydrogen) atoms. The molecule has 0 aliphatic rings. The summed E-state index contributed by atoms with van der Waals surface area (Å²) in [5.74, 6) is -0.193. The average Bonchev–Trinajstić information content (AvgIpc) is 2.75. The van der Waals surface area contributed by atoms with Crippen LogP contribution in [0.2, 0.25) is 0 Å². The molecule has 2 aromatic rings. The van der Waals surface area contributed by atoms with Gasteiger partial charge in [0.1, 0.15) is 5.82 Å². The highest BCUT2D eigenvalue weighted by molar-refractivity contribution is 5.30. The summed E-state index contributed by atoms with van der Waals surface area (Å²) in [6.45, 7) is 2.00. The van der Waals surface area contributed by atoms with Gasteiger partial charge in [-0.1, -0.05) is 6.07 Å². The lowest BCUT2D eigenvalue weighted by Gasteiger charge is -2.18. The van der Waals surface area contributed by atoms with Crippen LogP contribution in [0.3, 0.4) is 0 Å². The first-order valence-electron chi connectivity index (χ1n) is 6.01. The largest absolute Gasteiger partial charge is 0.313 e. The second-order valence-electron chi connectivity index (χ2n) is 4.57. The number of nitrogens with zero attached hydrogens (tertiary/aromatic N) is 2. The topological polar surface area (TPSA) is 29.9 Å². The van der Waals surface area contributed by atoms with Crippen molar-refractivity contribution in [3.63, 3.8) is 0 Å². The van der Waals surface area contributed by atoms with Crippen LogP contribution >= 0.6 is 0 Å². The molecule has 1 atom stereocenters. The lowest BCUT2D eigenvalue weighted by atomic mass is 9.96. The number of aromatic nitrogens is 2. The van der Waals surface area contributed by atoms with Crippen molar-refractivity contribution in [3.05, 3.63) is 53.1 Å². The van der Waals surface area contributed by atoms with Gasteiger partial charge < -0.3 is 5.32 Å². The summed E-state index contributed by atoms with van der Waals surface area (Å²) in [5.41, 5.74) is 3.24. The Morgan fingerprint density at radius 3 is 2.83 bits per heavy atom. The van der Waals surface area contributed by atoms with E-state index in [0.29, 0.717) is 0 Å². The van der Waals surface area contributed by atoms with E-state index < -0.39 is 0 Å². The van der Waals surface area contributed by atoms with Crippen molar-refractivity contribution in [3.8, 4) is 0 Å². The van der Waals surface area contributed by atoms with Crippen LogP contribution < -0.4 is 5.32 Å². The number of benzene rings is 1. The third kappa shape index (κ3) is 2.76. The predicted octanol–water partition coefficient (Wildman–Crippen LogP) is 2.37. The summed E-state index contributed by atoms with van der Waals surface area (Å²) < 4.78 is 15.1. The second kappa shape index (κ2) is 5.31. The molecule has 2 rings (SSSR count). The Bertz CT molecular complexity index is 534. The Balaban J connectivity index is 2.25. The first kappa shape index (κ1) is 12.8. The van der Waals surface area contributed by atoms with Gasteiger partial charge in [0.15, 0.2) is 0 Å². The predicted molar refractivity (Wildman–Crippen MR) is 69.8 cm³/mol. The van der Waals surface area contributed by atoms with E-state index in [-0.39, 0.29) is 11.9 Å². The second-order valence-corrected chi connectivity index (χ2v) is 4.57. The van der Waals surface area contributed by atoms with E-state index in [4.69, 9.17) is 0 Å². The SMILES string of the molecule is CNC(Cc1cnn(C)c1)c1cc(F)ccc1C. The van der Waals surface area contributed by atoms with Crippen LogP contribution in [0.15, 0.2) is 30.6 Å². The maximum absolute atomic E-state index is 13.3. The van der Waals surface area contributed by atoms with Crippen molar-refractivity contribution in [2.24, 2.45) is 7.05 Å². The van der Waals surface area contributed by atoms with Crippen LogP contribution in [0, 0.1) is 12.7 Å². The summed E-state index contributed by atoms with van der Waals surface area (Å²) in [6, 6.07) is 5.02. The maximum Gasteiger partial charge on any atom is 0.123 e. The minimum atomic E-state index is -0.193. The van der Waals surface area contributed by atoms with E-state index in [1.165, 1.54) is 6.07 Å². The number of rotatable bonds is 4. The molecule has 0 saturated heterocycles. The fourth-order valence-electron chi connectivity index (χ4n) is 2.17. The van der Waals surface area contributed by atoms with Gasteiger partial charge in [-0.2, -0.15) is 5.10 Å². The van der Waals surface area contributed by atoms with Crippen LogP contribution in [-0.2, 0) is 13.5 Å². The van der Waals surface area contributed by atoms with Crippen molar-refractivity contribution in [2.75, 3.05) is 7.05 Å². The van der Waals surface area contributed by atoms with E-state index in [1.807, 2.05) is 39.5 Å². The lowest BCUT2D eigenvalue weighted by Crippen LogP contribution is -2.19. The highest BCUT2D eigenvalue weighted by Crippen LogP contribution is 2.22. The van der Waals surface area contributed by atoms with Gasteiger partial charge in [0.05, 0.1) is 6.20 Å². The summed E-state index contributed by atoms with van der Waals surface area (Å²) >= 11 is 0. The number of halogens is 1. The average molecular weight is 247 g/mol. The lowest BCUT2D eigenvalue weighted by molar-refractivity contribution is 0.574. The molecule has 0 spiro atoms. The summed E-state index contributed by atoms with van der Waals surface area (Å²) in [7, 11) is 3.79. The zero-order valence-electron chi connectivity index (χ0n) is 10.9. The van der Waals surface area contributed by atoms with Crippen LogP contribution in [0.4, 0.5) is 4.39 Å². The van der Waals surface area contributed by atoms with Crippen molar-refractivity contribution >= 4 is 0 Å². The molecule has 0 amide bonds. The molecule has 1 aromatic carbocycles. The Hall–Kier alpha value is -1.68. The van der Waals surface area contributed by atoms with Crippen LogP contribution in [-0.4, -0.2) is 16.8 Å². The normalized spacial score (nSPS) is 12.7.